The lowest BCUT2D eigenvalue weighted by molar-refractivity contribution is 0.224. The van der Waals surface area contributed by atoms with Gasteiger partial charge in [-0.15, -0.1) is 5.10 Å². The van der Waals surface area contributed by atoms with Crippen LogP contribution in [0.4, 0.5) is 0 Å². The van der Waals surface area contributed by atoms with Crippen LogP contribution in [0.2, 0.25) is 0 Å². The summed E-state index contributed by atoms with van der Waals surface area (Å²) < 4.78 is 3.94. The van der Waals surface area contributed by atoms with E-state index in [-0.39, 0.29) is 0 Å². The lowest BCUT2D eigenvalue weighted by Gasteiger charge is -2.12. The van der Waals surface area contributed by atoms with E-state index in [1.807, 2.05) is 31.2 Å². The molecule has 0 aliphatic rings. The molecule has 0 bridgehead atoms. The third-order valence-electron chi connectivity index (χ3n) is 3.18. The molecule has 0 saturated heterocycles. The molecule has 1 atom stereocenters. The molecule has 3 aromatic rings. The lowest BCUT2D eigenvalue weighted by atomic mass is 10.0. The predicted octanol–water partition coefficient (Wildman–Crippen LogP) is 2.73. The van der Waals surface area contributed by atoms with Gasteiger partial charge in [0.1, 0.15) is 6.10 Å². The van der Waals surface area contributed by atoms with Crippen LogP contribution in [0, 0.1) is 0 Å². The summed E-state index contributed by atoms with van der Waals surface area (Å²) in [7, 11) is 0. The lowest BCUT2D eigenvalue weighted by Crippen LogP contribution is -2.01. The summed E-state index contributed by atoms with van der Waals surface area (Å²) >= 11 is 1.25. The van der Waals surface area contributed by atoms with E-state index >= 15 is 0 Å². The van der Waals surface area contributed by atoms with E-state index in [9.17, 15) is 5.11 Å². The van der Waals surface area contributed by atoms with Crippen LogP contribution in [-0.2, 0) is 6.42 Å². The Morgan fingerprint density at radius 1 is 1.32 bits per heavy atom. The van der Waals surface area contributed by atoms with Crippen LogP contribution >= 0.6 is 11.5 Å². The fourth-order valence-electron chi connectivity index (χ4n) is 2.18. The van der Waals surface area contributed by atoms with Crippen LogP contribution in [0.3, 0.4) is 0 Å². The maximum atomic E-state index is 10.6. The first kappa shape index (κ1) is 12.2. The summed E-state index contributed by atoms with van der Waals surface area (Å²) in [6.07, 6.45) is 3.62. The average Bonchev–Trinajstić information content (AvgIpc) is 2.94. The van der Waals surface area contributed by atoms with E-state index in [0.29, 0.717) is 0 Å². The Hall–Kier alpha value is -1.85. The SMILES string of the molecule is CCc1nnsc1C(O)c1cccc2ccncc12. The number of hydrogen-bond acceptors (Lipinski definition) is 5. The monoisotopic (exact) mass is 271 g/mol. The molecule has 96 valence electrons. The second kappa shape index (κ2) is 5.03. The first-order valence-electron chi connectivity index (χ1n) is 6.13. The van der Waals surface area contributed by atoms with Crippen molar-refractivity contribution in [1.82, 2.24) is 14.6 Å². The van der Waals surface area contributed by atoms with Gasteiger partial charge in [0.05, 0.1) is 10.6 Å². The number of fused-ring (bicyclic) bond motifs is 1. The second-order valence-electron chi connectivity index (χ2n) is 4.28. The smallest absolute Gasteiger partial charge is 0.117 e. The van der Waals surface area contributed by atoms with Gasteiger partial charge in [-0.3, -0.25) is 4.98 Å². The number of benzene rings is 1. The average molecular weight is 271 g/mol. The van der Waals surface area contributed by atoms with Gasteiger partial charge < -0.3 is 5.11 Å². The number of aliphatic hydroxyl groups is 1. The standard InChI is InChI=1S/C14H13N3OS/c1-2-12-14(19-17-16-12)13(18)10-5-3-4-9-6-7-15-8-11(9)10/h3-8,13,18H,2H2,1H3. The van der Waals surface area contributed by atoms with Crippen LogP contribution in [0.1, 0.15) is 29.2 Å². The number of aliphatic hydroxyl groups excluding tert-OH is 1. The van der Waals surface area contributed by atoms with Crippen molar-refractivity contribution in [3.05, 3.63) is 52.8 Å². The largest absolute Gasteiger partial charge is 0.383 e. The molecular weight excluding hydrogens is 258 g/mol. The van der Waals surface area contributed by atoms with Crippen molar-refractivity contribution < 1.29 is 5.11 Å². The van der Waals surface area contributed by atoms with Crippen molar-refractivity contribution >= 4 is 22.3 Å². The van der Waals surface area contributed by atoms with E-state index < -0.39 is 6.10 Å². The fourth-order valence-corrected chi connectivity index (χ4v) is 2.93. The Morgan fingerprint density at radius 2 is 2.21 bits per heavy atom. The van der Waals surface area contributed by atoms with Crippen molar-refractivity contribution in [2.75, 3.05) is 0 Å². The van der Waals surface area contributed by atoms with Gasteiger partial charge in [-0.05, 0) is 35.0 Å². The van der Waals surface area contributed by atoms with Crippen LogP contribution in [-0.4, -0.2) is 19.7 Å². The summed E-state index contributed by atoms with van der Waals surface area (Å²) in [6, 6.07) is 7.82. The summed E-state index contributed by atoms with van der Waals surface area (Å²) in [5.74, 6) is 0. The number of aromatic nitrogens is 3. The highest BCUT2D eigenvalue weighted by atomic mass is 32.1. The molecule has 1 aromatic carbocycles. The minimum atomic E-state index is -0.692. The third kappa shape index (κ3) is 2.11. The highest BCUT2D eigenvalue weighted by Gasteiger charge is 2.19. The zero-order valence-electron chi connectivity index (χ0n) is 10.4. The molecule has 0 radical (unpaired) electrons. The van der Waals surface area contributed by atoms with Crippen molar-refractivity contribution in [3.63, 3.8) is 0 Å². The van der Waals surface area contributed by atoms with Crippen LogP contribution < -0.4 is 0 Å². The van der Waals surface area contributed by atoms with Crippen molar-refractivity contribution in [3.8, 4) is 0 Å². The fraction of sp³-hybridized carbons (Fsp3) is 0.214. The van der Waals surface area contributed by atoms with E-state index in [1.165, 1.54) is 11.5 Å². The first-order chi connectivity index (χ1) is 9.31. The Balaban J connectivity index is 2.14. The van der Waals surface area contributed by atoms with E-state index in [0.717, 1.165) is 33.3 Å². The highest BCUT2D eigenvalue weighted by Crippen LogP contribution is 2.31. The van der Waals surface area contributed by atoms with Gasteiger partial charge in [0.25, 0.3) is 0 Å². The molecule has 4 nitrogen and oxygen atoms in total. The Bertz CT molecular complexity index is 705. The molecule has 1 N–H and O–H groups in total. The number of hydrogen-bond donors (Lipinski definition) is 1. The topological polar surface area (TPSA) is 58.9 Å². The molecule has 0 aliphatic carbocycles. The molecule has 0 fully saturated rings. The summed E-state index contributed by atoms with van der Waals surface area (Å²) in [5.41, 5.74) is 1.71. The Morgan fingerprint density at radius 3 is 3.05 bits per heavy atom. The molecule has 5 heteroatoms. The quantitative estimate of drug-likeness (QED) is 0.795. The third-order valence-corrected chi connectivity index (χ3v) is 4.00. The molecule has 19 heavy (non-hydrogen) atoms. The summed E-state index contributed by atoms with van der Waals surface area (Å²) in [5, 5.41) is 16.7. The van der Waals surface area contributed by atoms with Crippen LogP contribution in [0.15, 0.2) is 36.7 Å². The Labute approximate surface area is 114 Å². The van der Waals surface area contributed by atoms with Crippen LogP contribution in [0.25, 0.3) is 10.8 Å². The van der Waals surface area contributed by atoms with Gasteiger partial charge in [-0.1, -0.05) is 29.6 Å². The predicted molar refractivity (Wildman–Crippen MR) is 75.1 cm³/mol. The summed E-state index contributed by atoms with van der Waals surface area (Å²) in [4.78, 5) is 4.96. The Kier molecular flexibility index (Phi) is 3.23. The zero-order chi connectivity index (χ0) is 13.2. The minimum Gasteiger partial charge on any atom is -0.383 e. The molecule has 0 saturated carbocycles. The zero-order valence-corrected chi connectivity index (χ0v) is 11.3. The first-order valence-corrected chi connectivity index (χ1v) is 6.90. The highest BCUT2D eigenvalue weighted by molar-refractivity contribution is 7.05. The molecule has 2 heterocycles. The van der Waals surface area contributed by atoms with Gasteiger partial charge >= 0.3 is 0 Å². The number of nitrogens with zero attached hydrogens (tertiary/aromatic N) is 3. The van der Waals surface area contributed by atoms with E-state index in [1.54, 1.807) is 12.4 Å². The number of aryl methyl sites for hydroxylation is 1. The number of rotatable bonds is 3. The van der Waals surface area contributed by atoms with E-state index in [2.05, 4.69) is 14.6 Å². The maximum Gasteiger partial charge on any atom is 0.117 e. The van der Waals surface area contributed by atoms with Gasteiger partial charge in [-0.25, -0.2) is 0 Å². The second-order valence-corrected chi connectivity index (χ2v) is 5.07. The van der Waals surface area contributed by atoms with Gasteiger partial charge in [0.15, 0.2) is 0 Å². The van der Waals surface area contributed by atoms with Gasteiger partial charge in [0.2, 0.25) is 0 Å². The van der Waals surface area contributed by atoms with Gasteiger partial charge in [0, 0.05) is 17.8 Å². The molecule has 2 aromatic heterocycles. The molecule has 0 amide bonds. The van der Waals surface area contributed by atoms with Crippen LogP contribution in [0.5, 0.6) is 0 Å². The van der Waals surface area contributed by atoms with Crippen molar-refractivity contribution in [2.24, 2.45) is 0 Å². The van der Waals surface area contributed by atoms with Crippen molar-refractivity contribution in [2.45, 2.75) is 19.4 Å². The van der Waals surface area contributed by atoms with Crippen molar-refractivity contribution in [1.29, 1.82) is 0 Å². The molecule has 1 unspecified atom stereocenters. The summed E-state index contributed by atoms with van der Waals surface area (Å²) in [6.45, 7) is 2.01. The molecule has 0 aliphatic heterocycles. The normalized spacial score (nSPS) is 12.7. The minimum absolute atomic E-state index is 0.692. The number of pyridine rings is 1. The van der Waals surface area contributed by atoms with Gasteiger partial charge in [-0.2, -0.15) is 0 Å². The maximum absolute atomic E-state index is 10.6. The molecular formula is C14H13N3OS. The molecule has 3 rings (SSSR count). The van der Waals surface area contributed by atoms with E-state index in [4.69, 9.17) is 0 Å². The molecule has 0 spiro atoms.